The molecule has 0 aliphatic heterocycles. The molecule has 0 spiro atoms. The van der Waals surface area contributed by atoms with Gasteiger partial charge in [0.25, 0.3) is 0 Å². The predicted octanol–water partition coefficient (Wildman–Crippen LogP) is 3.39. The molecule has 0 amide bonds. The van der Waals surface area contributed by atoms with Gasteiger partial charge in [0.15, 0.2) is 0 Å². The first-order chi connectivity index (χ1) is 9.38. The highest BCUT2D eigenvalue weighted by atomic mass is 16.5. The van der Waals surface area contributed by atoms with E-state index in [0.29, 0.717) is 19.1 Å². The lowest BCUT2D eigenvalue weighted by molar-refractivity contribution is -0.0603. The number of hydrogen-bond acceptors (Lipinski definition) is 3. The third-order valence-corrected chi connectivity index (χ3v) is 3.82. The molecule has 0 saturated carbocycles. The maximum atomic E-state index is 6.36. The number of benzene rings is 1. The van der Waals surface area contributed by atoms with Gasteiger partial charge < -0.3 is 15.2 Å². The summed E-state index contributed by atoms with van der Waals surface area (Å²) in [5.41, 5.74) is 8.84. The lowest BCUT2D eigenvalue weighted by Gasteiger charge is -2.35. The Morgan fingerprint density at radius 1 is 1.15 bits per heavy atom. The van der Waals surface area contributed by atoms with Crippen molar-refractivity contribution in [3.63, 3.8) is 0 Å². The van der Waals surface area contributed by atoms with Crippen LogP contribution in [0, 0.1) is 0 Å². The highest BCUT2D eigenvalue weighted by Gasteiger charge is 2.31. The van der Waals surface area contributed by atoms with E-state index in [1.165, 1.54) is 11.1 Å². The minimum absolute atomic E-state index is 0.0305. The number of nitrogens with two attached hydrogens (primary N) is 1. The number of ether oxygens (including phenoxy) is 2. The van der Waals surface area contributed by atoms with Crippen LogP contribution >= 0.6 is 0 Å². The zero-order chi connectivity index (χ0) is 14.8. The van der Waals surface area contributed by atoms with E-state index in [1.54, 1.807) is 0 Å². The first-order valence-corrected chi connectivity index (χ1v) is 7.48. The molecule has 2 N–H and O–H groups in total. The number of rotatable bonds is 4. The molecule has 3 atom stereocenters. The first-order valence-electron chi connectivity index (χ1n) is 7.48. The van der Waals surface area contributed by atoms with E-state index in [9.17, 15) is 0 Å². The van der Waals surface area contributed by atoms with E-state index in [1.807, 2.05) is 0 Å². The number of hydrogen-bond donors (Lipinski definition) is 1. The third-order valence-electron chi connectivity index (χ3n) is 3.82. The van der Waals surface area contributed by atoms with Crippen molar-refractivity contribution in [1.29, 1.82) is 0 Å². The van der Waals surface area contributed by atoms with Crippen LogP contribution in [0.4, 0.5) is 0 Å². The van der Waals surface area contributed by atoms with Crippen LogP contribution in [0.5, 0.6) is 0 Å². The average molecular weight is 277 g/mol. The topological polar surface area (TPSA) is 44.5 Å². The van der Waals surface area contributed by atoms with Crippen molar-refractivity contribution in [1.82, 2.24) is 0 Å². The Bertz CT molecular complexity index is 439. The van der Waals surface area contributed by atoms with Crippen LogP contribution in [0.15, 0.2) is 24.3 Å². The molecule has 0 saturated heterocycles. The Labute approximate surface area is 122 Å². The zero-order valence-corrected chi connectivity index (χ0v) is 13.1. The summed E-state index contributed by atoms with van der Waals surface area (Å²) in [7, 11) is 0. The third kappa shape index (κ3) is 3.81. The molecule has 1 aromatic rings. The second-order valence-electron chi connectivity index (χ2n) is 6.66. The summed E-state index contributed by atoms with van der Waals surface area (Å²) in [5, 5.41) is 0. The second kappa shape index (κ2) is 6.25. The van der Waals surface area contributed by atoms with Crippen molar-refractivity contribution in [3.8, 4) is 0 Å². The highest BCUT2D eigenvalue weighted by Crippen LogP contribution is 2.37. The SMILES string of the molecule is CC1CC(OCCOC(C)(C)C)C(N)c2ccccc21. The van der Waals surface area contributed by atoms with Crippen molar-refractivity contribution >= 4 is 0 Å². The van der Waals surface area contributed by atoms with E-state index >= 15 is 0 Å². The van der Waals surface area contributed by atoms with Gasteiger partial charge in [-0.2, -0.15) is 0 Å². The maximum Gasteiger partial charge on any atom is 0.0774 e. The summed E-state index contributed by atoms with van der Waals surface area (Å²) in [5.74, 6) is 0.500. The molecule has 1 aromatic carbocycles. The minimum Gasteiger partial charge on any atom is -0.374 e. The van der Waals surface area contributed by atoms with Gasteiger partial charge in [-0.3, -0.25) is 0 Å². The summed E-state index contributed by atoms with van der Waals surface area (Å²) in [6.45, 7) is 9.62. The predicted molar refractivity (Wildman–Crippen MR) is 81.8 cm³/mol. The quantitative estimate of drug-likeness (QED) is 0.858. The summed E-state index contributed by atoms with van der Waals surface area (Å²) >= 11 is 0. The molecule has 3 unspecified atom stereocenters. The molecule has 0 heterocycles. The van der Waals surface area contributed by atoms with Crippen LogP contribution in [0.3, 0.4) is 0 Å². The molecule has 1 aliphatic carbocycles. The Kier molecular flexibility index (Phi) is 4.84. The van der Waals surface area contributed by atoms with Gasteiger partial charge >= 0.3 is 0 Å². The van der Waals surface area contributed by atoms with Crippen LogP contribution in [0.2, 0.25) is 0 Å². The largest absolute Gasteiger partial charge is 0.374 e. The average Bonchev–Trinajstić information content (AvgIpc) is 2.39. The fraction of sp³-hybridized carbons (Fsp3) is 0.647. The molecule has 0 aromatic heterocycles. The van der Waals surface area contributed by atoms with Gasteiger partial charge in [-0.25, -0.2) is 0 Å². The van der Waals surface area contributed by atoms with Gasteiger partial charge in [-0.15, -0.1) is 0 Å². The summed E-state index contributed by atoms with van der Waals surface area (Å²) in [6, 6.07) is 8.41. The van der Waals surface area contributed by atoms with Crippen molar-refractivity contribution in [3.05, 3.63) is 35.4 Å². The van der Waals surface area contributed by atoms with Crippen LogP contribution in [0.1, 0.15) is 57.2 Å². The molecule has 112 valence electrons. The van der Waals surface area contributed by atoms with E-state index in [4.69, 9.17) is 15.2 Å². The molecular formula is C17H27NO2. The van der Waals surface area contributed by atoms with Gasteiger partial charge in [0, 0.05) is 0 Å². The molecule has 3 nitrogen and oxygen atoms in total. The van der Waals surface area contributed by atoms with E-state index in [0.717, 1.165) is 6.42 Å². The monoisotopic (exact) mass is 277 g/mol. The molecular weight excluding hydrogens is 250 g/mol. The highest BCUT2D eigenvalue weighted by molar-refractivity contribution is 5.35. The van der Waals surface area contributed by atoms with Gasteiger partial charge in [0.1, 0.15) is 0 Å². The summed E-state index contributed by atoms with van der Waals surface area (Å²) in [6.07, 6.45) is 1.07. The smallest absolute Gasteiger partial charge is 0.0774 e. The van der Waals surface area contributed by atoms with Crippen molar-refractivity contribution in [2.45, 2.75) is 57.8 Å². The lowest BCUT2D eigenvalue weighted by atomic mass is 9.79. The van der Waals surface area contributed by atoms with Gasteiger partial charge in [0.05, 0.1) is 31.0 Å². The van der Waals surface area contributed by atoms with Crippen molar-refractivity contribution in [2.24, 2.45) is 5.73 Å². The molecule has 3 heteroatoms. The van der Waals surface area contributed by atoms with Gasteiger partial charge in [-0.05, 0) is 44.2 Å². The van der Waals surface area contributed by atoms with E-state index < -0.39 is 0 Å². The summed E-state index contributed by atoms with van der Waals surface area (Å²) < 4.78 is 11.7. The minimum atomic E-state index is -0.113. The number of fused-ring (bicyclic) bond motifs is 1. The van der Waals surface area contributed by atoms with Gasteiger partial charge in [0.2, 0.25) is 0 Å². The normalized spacial score (nSPS) is 26.4. The van der Waals surface area contributed by atoms with Crippen LogP contribution in [-0.4, -0.2) is 24.9 Å². The standard InChI is InChI=1S/C17H27NO2/c1-12-11-15(19-9-10-20-17(2,3)4)16(18)14-8-6-5-7-13(12)14/h5-8,12,15-16H,9-11,18H2,1-4H3. The maximum absolute atomic E-state index is 6.36. The Morgan fingerprint density at radius 3 is 2.45 bits per heavy atom. The Hall–Kier alpha value is -0.900. The van der Waals surface area contributed by atoms with Crippen LogP contribution < -0.4 is 5.73 Å². The van der Waals surface area contributed by atoms with E-state index in [-0.39, 0.29) is 17.7 Å². The Balaban J connectivity index is 1.92. The molecule has 20 heavy (non-hydrogen) atoms. The summed E-state index contributed by atoms with van der Waals surface area (Å²) in [4.78, 5) is 0. The fourth-order valence-corrected chi connectivity index (χ4v) is 2.80. The van der Waals surface area contributed by atoms with Crippen LogP contribution in [0.25, 0.3) is 0 Å². The molecule has 0 bridgehead atoms. The Morgan fingerprint density at radius 2 is 1.80 bits per heavy atom. The fourth-order valence-electron chi connectivity index (χ4n) is 2.80. The molecule has 0 radical (unpaired) electrons. The molecule has 2 rings (SSSR count). The van der Waals surface area contributed by atoms with Crippen molar-refractivity contribution in [2.75, 3.05) is 13.2 Å². The van der Waals surface area contributed by atoms with E-state index in [2.05, 4.69) is 52.0 Å². The first kappa shape index (κ1) is 15.5. The lowest BCUT2D eigenvalue weighted by Crippen LogP contribution is -2.36. The van der Waals surface area contributed by atoms with Crippen molar-refractivity contribution < 1.29 is 9.47 Å². The molecule has 1 aliphatic rings. The van der Waals surface area contributed by atoms with Gasteiger partial charge in [-0.1, -0.05) is 31.2 Å². The molecule has 0 fully saturated rings. The zero-order valence-electron chi connectivity index (χ0n) is 13.1. The van der Waals surface area contributed by atoms with Crippen LogP contribution in [-0.2, 0) is 9.47 Å². The second-order valence-corrected chi connectivity index (χ2v) is 6.66.